The number of anilines is 2. The Morgan fingerprint density at radius 3 is 2.58 bits per heavy atom. The summed E-state index contributed by atoms with van der Waals surface area (Å²) < 4.78 is 26.0. The zero-order chi connectivity index (χ0) is 17.7. The summed E-state index contributed by atoms with van der Waals surface area (Å²) >= 11 is 0. The highest BCUT2D eigenvalue weighted by atomic mass is 32.2. The molecule has 0 saturated carbocycles. The van der Waals surface area contributed by atoms with Gasteiger partial charge in [0.2, 0.25) is 10.0 Å². The summed E-state index contributed by atoms with van der Waals surface area (Å²) in [5, 5.41) is 12.5. The van der Waals surface area contributed by atoms with E-state index in [-0.39, 0.29) is 17.1 Å². The Morgan fingerprint density at radius 2 is 1.92 bits per heavy atom. The number of rotatable bonds is 6. The van der Waals surface area contributed by atoms with Gasteiger partial charge in [0, 0.05) is 11.3 Å². The third kappa shape index (κ3) is 4.73. The lowest BCUT2D eigenvalue weighted by molar-refractivity contribution is 0.102. The number of phenolic OH excluding ortho intramolecular Hbond substituents is 1. The van der Waals surface area contributed by atoms with Gasteiger partial charge in [0.1, 0.15) is 5.75 Å². The first-order chi connectivity index (χ1) is 11.3. The highest BCUT2D eigenvalue weighted by Crippen LogP contribution is 2.24. The highest BCUT2D eigenvalue weighted by molar-refractivity contribution is 7.92. The van der Waals surface area contributed by atoms with Crippen molar-refractivity contribution >= 4 is 27.3 Å². The van der Waals surface area contributed by atoms with E-state index < -0.39 is 15.9 Å². The average molecular weight is 348 g/mol. The predicted molar refractivity (Wildman–Crippen MR) is 94.9 cm³/mol. The van der Waals surface area contributed by atoms with E-state index in [0.717, 1.165) is 5.56 Å². The molecule has 0 fully saturated rings. The van der Waals surface area contributed by atoms with Crippen molar-refractivity contribution in [2.75, 3.05) is 15.8 Å². The molecule has 7 heteroatoms. The van der Waals surface area contributed by atoms with Gasteiger partial charge in [0.15, 0.2) is 0 Å². The molecule has 0 aliphatic heterocycles. The number of amides is 1. The molecule has 0 aliphatic rings. The maximum Gasteiger partial charge on any atom is 0.255 e. The fourth-order valence-electron chi connectivity index (χ4n) is 2.17. The van der Waals surface area contributed by atoms with Crippen LogP contribution >= 0.6 is 0 Å². The van der Waals surface area contributed by atoms with Crippen LogP contribution in [0.3, 0.4) is 0 Å². The Hall–Kier alpha value is -2.54. The first-order valence-corrected chi connectivity index (χ1v) is 9.17. The monoisotopic (exact) mass is 348 g/mol. The first-order valence-electron chi connectivity index (χ1n) is 7.52. The number of aryl methyl sites for hydroxylation is 1. The molecular weight excluding hydrogens is 328 g/mol. The van der Waals surface area contributed by atoms with Crippen molar-refractivity contribution in [2.45, 2.75) is 20.3 Å². The van der Waals surface area contributed by atoms with Crippen LogP contribution in [0.25, 0.3) is 0 Å². The van der Waals surface area contributed by atoms with Crippen LogP contribution in [0.15, 0.2) is 42.5 Å². The molecule has 0 unspecified atom stereocenters. The molecule has 2 rings (SSSR count). The van der Waals surface area contributed by atoms with Crippen LogP contribution in [0.2, 0.25) is 0 Å². The summed E-state index contributed by atoms with van der Waals surface area (Å²) in [4.78, 5) is 12.3. The zero-order valence-electron chi connectivity index (χ0n) is 13.5. The van der Waals surface area contributed by atoms with Crippen molar-refractivity contribution in [3.05, 3.63) is 53.6 Å². The Labute approximate surface area is 141 Å². The van der Waals surface area contributed by atoms with Gasteiger partial charge < -0.3 is 10.4 Å². The lowest BCUT2D eigenvalue weighted by atomic mass is 10.1. The first kappa shape index (κ1) is 17.8. The van der Waals surface area contributed by atoms with Crippen molar-refractivity contribution in [1.29, 1.82) is 0 Å². The summed E-state index contributed by atoms with van der Waals surface area (Å²) in [6, 6.07) is 11.1. The number of carbonyl (C=O) groups is 1. The van der Waals surface area contributed by atoms with E-state index in [1.54, 1.807) is 43.3 Å². The third-order valence-electron chi connectivity index (χ3n) is 3.27. The van der Waals surface area contributed by atoms with E-state index in [4.69, 9.17) is 0 Å². The standard InChI is InChI=1S/C17H20N2O4S/c1-3-9-24(22,23)19-14-6-4-5-13(11-14)17(21)18-15-8-7-12(2)10-16(15)20/h4-8,10-11,19-20H,3,9H2,1-2H3,(H,18,21). The number of hydrogen-bond acceptors (Lipinski definition) is 4. The summed E-state index contributed by atoms with van der Waals surface area (Å²) in [6.45, 7) is 3.61. The Balaban J connectivity index is 2.17. The lowest BCUT2D eigenvalue weighted by Gasteiger charge is -2.10. The fourth-order valence-corrected chi connectivity index (χ4v) is 3.29. The number of nitrogens with one attached hydrogen (secondary N) is 2. The number of benzene rings is 2. The molecular formula is C17H20N2O4S. The number of hydrogen-bond donors (Lipinski definition) is 3. The number of aromatic hydroxyl groups is 1. The lowest BCUT2D eigenvalue weighted by Crippen LogP contribution is -2.17. The molecule has 2 aromatic rings. The molecule has 0 aliphatic carbocycles. The second-order valence-electron chi connectivity index (χ2n) is 5.48. The highest BCUT2D eigenvalue weighted by Gasteiger charge is 2.12. The second kappa shape index (κ2) is 7.35. The smallest absolute Gasteiger partial charge is 0.255 e. The van der Waals surface area contributed by atoms with Gasteiger partial charge in [-0.1, -0.05) is 19.1 Å². The van der Waals surface area contributed by atoms with Crippen molar-refractivity contribution in [1.82, 2.24) is 0 Å². The molecule has 6 nitrogen and oxygen atoms in total. The molecule has 2 aromatic carbocycles. The van der Waals surface area contributed by atoms with Crippen LogP contribution in [-0.2, 0) is 10.0 Å². The normalized spacial score (nSPS) is 11.1. The Kier molecular flexibility index (Phi) is 5.46. The molecule has 1 amide bonds. The Morgan fingerprint density at radius 1 is 1.17 bits per heavy atom. The van der Waals surface area contributed by atoms with Gasteiger partial charge in [0.25, 0.3) is 5.91 Å². The minimum Gasteiger partial charge on any atom is -0.506 e. The van der Waals surface area contributed by atoms with Gasteiger partial charge in [-0.05, 0) is 49.2 Å². The summed E-state index contributed by atoms with van der Waals surface area (Å²) in [7, 11) is -3.42. The van der Waals surface area contributed by atoms with Crippen LogP contribution in [0, 0.1) is 6.92 Å². The second-order valence-corrected chi connectivity index (χ2v) is 7.32. The molecule has 0 aromatic heterocycles. The zero-order valence-corrected chi connectivity index (χ0v) is 14.4. The topological polar surface area (TPSA) is 95.5 Å². The fraction of sp³-hybridized carbons (Fsp3) is 0.235. The van der Waals surface area contributed by atoms with Gasteiger partial charge >= 0.3 is 0 Å². The van der Waals surface area contributed by atoms with Crippen LogP contribution in [-0.4, -0.2) is 25.2 Å². The largest absolute Gasteiger partial charge is 0.506 e. The molecule has 128 valence electrons. The van der Waals surface area contributed by atoms with Crippen molar-refractivity contribution in [3.8, 4) is 5.75 Å². The van der Waals surface area contributed by atoms with Crippen LogP contribution in [0.1, 0.15) is 29.3 Å². The predicted octanol–water partition coefficient (Wildman–Crippen LogP) is 3.10. The maximum absolute atomic E-state index is 12.3. The number of carbonyl (C=O) groups excluding carboxylic acids is 1. The molecule has 0 bridgehead atoms. The quantitative estimate of drug-likeness (QED) is 0.699. The van der Waals surface area contributed by atoms with Crippen LogP contribution in [0.4, 0.5) is 11.4 Å². The summed E-state index contributed by atoms with van der Waals surface area (Å²) in [6.07, 6.45) is 0.502. The average Bonchev–Trinajstić information content (AvgIpc) is 2.49. The van der Waals surface area contributed by atoms with E-state index >= 15 is 0 Å². The van der Waals surface area contributed by atoms with Gasteiger partial charge in [0.05, 0.1) is 11.4 Å². The van der Waals surface area contributed by atoms with E-state index in [0.29, 0.717) is 17.8 Å². The Bertz CT molecular complexity index is 847. The maximum atomic E-state index is 12.3. The van der Waals surface area contributed by atoms with Crippen molar-refractivity contribution < 1.29 is 18.3 Å². The summed E-state index contributed by atoms with van der Waals surface area (Å²) in [5.74, 6) is -0.449. The summed E-state index contributed by atoms with van der Waals surface area (Å²) in [5.41, 5.74) is 1.77. The molecule has 0 spiro atoms. The molecule has 0 heterocycles. The molecule has 0 radical (unpaired) electrons. The number of phenols is 1. The molecule has 0 saturated heterocycles. The third-order valence-corrected chi connectivity index (χ3v) is 4.76. The molecule has 24 heavy (non-hydrogen) atoms. The van der Waals surface area contributed by atoms with Gasteiger partial charge in [-0.15, -0.1) is 0 Å². The van der Waals surface area contributed by atoms with Crippen molar-refractivity contribution in [2.24, 2.45) is 0 Å². The van der Waals surface area contributed by atoms with Crippen molar-refractivity contribution in [3.63, 3.8) is 0 Å². The van der Waals surface area contributed by atoms with Gasteiger partial charge in [-0.25, -0.2) is 8.42 Å². The molecule has 3 N–H and O–H groups in total. The van der Waals surface area contributed by atoms with Crippen LogP contribution in [0.5, 0.6) is 5.75 Å². The van der Waals surface area contributed by atoms with E-state index in [1.165, 1.54) is 6.07 Å². The van der Waals surface area contributed by atoms with E-state index in [9.17, 15) is 18.3 Å². The minimum absolute atomic E-state index is 0.0145. The molecule has 0 atom stereocenters. The van der Waals surface area contributed by atoms with Gasteiger partial charge in [-0.2, -0.15) is 0 Å². The van der Waals surface area contributed by atoms with Gasteiger partial charge in [-0.3, -0.25) is 9.52 Å². The van der Waals surface area contributed by atoms with E-state index in [2.05, 4.69) is 10.0 Å². The van der Waals surface area contributed by atoms with E-state index in [1.807, 2.05) is 6.92 Å². The van der Waals surface area contributed by atoms with Crippen LogP contribution < -0.4 is 10.0 Å². The SMILES string of the molecule is CCCS(=O)(=O)Nc1cccc(C(=O)Nc2ccc(C)cc2O)c1. The minimum atomic E-state index is -3.42. The number of sulfonamides is 1.